The lowest BCUT2D eigenvalue weighted by atomic mass is 10.1. The number of nitrogens with zero attached hydrogens (tertiary/aromatic N) is 3. The zero-order chi connectivity index (χ0) is 18.8. The Kier molecular flexibility index (Phi) is 8.33. The Morgan fingerprint density at radius 2 is 1.92 bits per heavy atom. The Hall–Kier alpha value is -2.69. The molecule has 0 spiro atoms. The molecule has 0 aliphatic carbocycles. The van der Waals surface area contributed by atoms with Gasteiger partial charge in [0.2, 0.25) is 0 Å². The van der Waals surface area contributed by atoms with Gasteiger partial charge in [0.25, 0.3) is 0 Å². The van der Waals surface area contributed by atoms with Crippen LogP contribution in [-0.4, -0.2) is 30.9 Å². The first-order valence-electron chi connectivity index (χ1n) is 8.30. The van der Waals surface area contributed by atoms with Crippen molar-refractivity contribution < 1.29 is 9.47 Å². The van der Waals surface area contributed by atoms with Crippen molar-refractivity contribution in [2.75, 3.05) is 14.2 Å². The molecule has 5 heteroatoms. The Labute approximate surface area is 150 Å². The van der Waals surface area contributed by atoms with Gasteiger partial charge in [-0.15, -0.1) is 0 Å². The van der Waals surface area contributed by atoms with Crippen LogP contribution in [-0.2, 0) is 6.42 Å². The Balaban J connectivity index is 0.00000151. The quantitative estimate of drug-likeness (QED) is 0.542. The van der Waals surface area contributed by atoms with Gasteiger partial charge in [-0.05, 0) is 37.8 Å². The Bertz CT molecular complexity index is 767. The normalized spacial score (nSPS) is 10.7. The number of hydrogen-bond donors (Lipinski definition) is 0. The molecule has 1 heterocycles. The van der Waals surface area contributed by atoms with E-state index < -0.39 is 0 Å². The number of aromatic nitrogens is 2. The maximum Gasteiger partial charge on any atom is 0.187 e. The van der Waals surface area contributed by atoms with Crippen LogP contribution in [0.15, 0.2) is 41.6 Å². The fourth-order valence-electron chi connectivity index (χ4n) is 2.43. The number of fused-ring (bicyclic) bond motifs is 1. The fourth-order valence-corrected chi connectivity index (χ4v) is 2.43. The van der Waals surface area contributed by atoms with Crippen molar-refractivity contribution >= 4 is 17.6 Å². The summed E-state index contributed by atoms with van der Waals surface area (Å²) in [5, 5.41) is 0.957. The molecule has 2 rings (SSSR count). The monoisotopic (exact) mass is 341 g/mol. The van der Waals surface area contributed by atoms with Crippen LogP contribution in [0.2, 0.25) is 0 Å². The average Bonchev–Trinajstić information content (AvgIpc) is 2.65. The van der Waals surface area contributed by atoms with Gasteiger partial charge in [0.15, 0.2) is 11.5 Å². The number of rotatable bonds is 7. The molecule has 134 valence electrons. The van der Waals surface area contributed by atoms with Gasteiger partial charge in [-0.25, -0.2) is 9.97 Å². The highest BCUT2D eigenvalue weighted by atomic mass is 16.5. The number of benzene rings is 1. The van der Waals surface area contributed by atoms with Crippen molar-refractivity contribution in [2.45, 2.75) is 33.6 Å². The minimum absolute atomic E-state index is 0.629. The zero-order valence-electron chi connectivity index (χ0n) is 15.8. The highest BCUT2D eigenvalue weighted by molar-refractivity contribution is 5.88. The molecule has 5 nitrogen and oxygen atoms in total. The fraction of sp³-hybridized carbons (Fsp3) is 0.350. The molecule has 0 aliphatic rings. The van der Waals surface area contributed by atoms with Crippen molar-refractivity contribution in [3.8, 4) is 11.5 Å². The van der Waals surface area contributed by atoms with Crippen molar-refractivity contribution in [1.82, 2.24) is 9.97 Å². The Morgan fingerprint density at radius 1 is 1.20 bits per heavy atom. The molecule has 0 N–H and O–H groups in total. The number of hydrogen-bond acceptors (Lipinski definition) is 5. The smallest absolute Gasteiger partial charge is 0.187 e. The van der Waals surface area contributed by atoms with Crippen molar-refractivity contribution in [1.29, 1.82) is 0 Å². The standard InChI is InChI=1S/C18H21N3O2.C2H6/c1-6-13(11-19-3)7-10-16-20-12(2)14-8-9-15(22-4)18(23-5)17(14)21-16;1-2/h6,8-9,11H,1,3,7,10H2,2,4-5H3;1-2H3/b13-11+;. The molecular weight excluding hydrogens is 314 g/mol. The number of aryl methyl sites for hydroxylation is 2. The lowest BCUT2D eigenvalue weighted by molar-refractivity contribution is 0.358. The molecule has 0 radical (unpaired) electrons. The molecule has 1 aromatic heterocycles. The summed E-state index contributed by atoms with van der Waals surface area (Å²) in [5.41, 5.74) is 2.68. The summed E-state index contributed by atoms with van der Waals surface area (Å²) < 4.78 is 10.8. The van der Waals surface area contributed by atoms with Crippen LogP contribution in [0.4, 0.5) is 0 Å². The van der Waals surface area contributed by atoms with Gasteiger partial charge in [-0.3, -0.25) is 4.99 Å². The van der Waals surface area contributed by atoms with E-state index in [1.165, 1.54) is 0 Å². The van der Waals surface area contributed by atoms with E-state index in [1.807, 2.05) is 32.9 Å². The average molecular weight is 341 g/mol. The van der Waals surface area contributed by atoms with Crippen LogP contribution >= 0.6 is 0 Å². The first-order valence-corrected chi connectivity index (χ1v) is 8.30. The van der Waals surface area contributed by atoms with E-state index in [-0.39, 0.29) is 0 Å². The summed E-state index contributed by atoms with van der Waals surface area (Å²) in [6.45, 7) is 13.2. The first-order chi connectivity index (χ1) is 12.1. The summed E-state index contributed by atoms with van der Waals surface area (Å²) >= 11 is 0. The van der Waals surface area contributed by atoms with Crippen molar-refractivity contribution in [2.24, 2.45) is 4.99 Å². The summed E-state index contributed by atoms with van der Waals surface area (Å²) in [6, 6.07) is 3.82. The molecule has 0 saturated heterocycles. The summed E-state index contributed by atoms with van der Waals surface area (Å²) in [6.07, 6.45) is 4.90. The molecule has 0 amide bonds. The number of allylic oxidation sites excluding steroid dienone is 2. The van der Waals surface area contributed by atoms with Gasteiger partial charge in [0.1, 0.15) is 11.3 Å². The predicted octanol–water partition coefficient (Wildman–Crippen LogP) is 4.68. The molecule has 0 atom stereocenters. The number of methoxy groups -OCH3 is 2. The number of aliphatic imine (C=N–C) groups is 1. The first kappa shape index (κ1) is 20.4. The second kappa shape index (κ2) is 10.2. The Morgan fingerprint density at radius 3 is 2.48 bits per heavy atom. The van der Waals surface area contributed by atoms with E-state index in [4.69, 9.17) is 9.47 Å². The predicted molar refractivity (Wildman–Crippen MR) is 105 cm³/mol. The largest absolute Gasteiger partial charge is 0.493 e. The molecular formula is C20H27N3O2. The van der Waals surface area contributed by atoms with Gasteiger partial charge < -0.3 is 9.47 Å². The second-order valence-electron chi connectivity index (χ2n) is 5.01. The molecule has 0 aliphatic heterocycles. The summed E-state index contributed by atoms with van der Waals surface area (Å²) in [4.78, 5) is 13.0. The minimum atomic E-state index is 0.629. The third kappa shape index (κ3) is 4.89. The summed E-state index contributed by atoms with van der Waals surface area (Å²) in [5.74, 6) is 2.04. The van der Waals surface area contributed by atoms with Gasteiger partial charge >= 0.3 is 0 Å². The van der Waals surface area contributed by atoms with Gasteiger partial charge in [-0.2, -0.15) is 0 Å². The zero-order valence-corrected chi connectivity index (χ0v) is 15.8. The van der Waals surface area contributed by atoms with Crippen LogP contribution in [0.1, 0.15) is 31.8 Å². The molecule has 1 aromatic carbocycles. The van der Waals surface area contributed by atoms with E-state index in [2.05, 4.69) is 28.3 Å². The maximum absolute atomic E-state index is 5.48. The lowest BCUT2D eigenvalue weighted by Gasteiger charge is -2.12. The van der Waals surface area contributed by atoms with Crippen LogP contribution in [0, 0.1) is 6.92 Å². The molecule has 0 unspecified atom stereocenters. The molecule has 0 bridgehead atoms. The minimum Gasteiger partial charge on any atom is -0.493 e. The van der Waals surface area contributed by atoms with E-state index in [0.717, 1.165) is 34.4 Å². The van der Waals surface area contributed by atoms with E-state index in [1.54, 1.807) is 26.5 Å². The van der Waals surface area contributed by atoms with E-state index >= 15 is 0 Å². The van der Waals surface area contributed by atoms with Crippen LogP contribution in [0.5, 0.6) is 11.5 Å². The highest BCUT2D eigenvalue weighted by Crippen LogP contribution is 2.35. The third-order valence-electron chi connectivity index (χ3n) is 3.60. The van der Waals surface area contributed by atoms with E-state index in [9.17, 15) is 0 Å². The van der Waals surface area contributed by atoms with Crippen LogP contribution in [0.25, 0.3) is 10.9 Å². The maximum atomic E-state index is 5.48. The van der Waals surface area contributed by atoms with Gasteiger partial charge in [0.05, 0.1) is 14.2 Å². The van der Waals surface area contributed by atoms with E-state index in [0.29, 0.717) is 17.9 Å². The van der Waals surface area contributed by atoms with Crippen LogP contribution < -0.4 is 9.47 Å². The van der Waals surface area contributed by atoms with Gasteiger partial charge in [0, 0.05) is 23.7 Å². The van der Waals surface area contributed by atoms with Gasteiger partial charge in [-0.1, -0.05) is 26.5 Å². The third-order valence-corrected chi connectivity index (χ3v) is 3.60. The highest BCUT2D eigenvalue weighted by Gasteiger charge is 2.14. The lowest BCUT2D eigenvalue weighted by Crippen LogP contribution is -2.02. The molecule has 0 fully saturated rings. The van der Waals surface area contributed by atoms with Crippen molar-refractivity contribution in [3.63, 3.8) is 0 Å². The topological polar surface area (TPSA) is 56.6 Å². The van der Waals surface area contributed by atoms with Crippen LogP contribution in [0.3, 0.4) is 0 Å². The molecule has 25 heavy (non-hydrogen) atoms. The molecule has 0 saturated carbocycles. The molecule has 2 aromatic rings. The van der Waals surface area contributed by atoms with Crippen molar-refractivity contribution in [3.05, 3.63) is 48.1 Å². The number of ether oxygens (including phenoxy) is 2. The summed E-state index contributed by atoms with van der Waals surface area (Å²) in [7, 11) is 3.23. The SMILES string of the molecule is C=C/C(=C\N=C)CCc1nc(C)c2ccc(OC)c(OC)c2n1.CC. The second-order valence-corrected chi connectivity index (χ2v) is 5.01.